The van der Waals surface area contributed by atoms with Crippen molar-refractivity contribution in [2.75, 3.05) is 0 Å². The number of rotatable bonds is 5. The molecule has 55 heavy (non-hydrogen) atoms. The van der Waals surface area contributed by atoms with Crippen molar-refractivity contribution in [3.63, 3.8) is 0 Å². The minimum atomic E-state index is 0.597. The minimum absolute atomic E-state index is 0.597. The van der Waals surface area contributed by atoms with Crippen LogP contribution in [0.15, 0.2) is 192 Å². The summed E-state index contributed by atoms with van der Waals surface area (Å²) in [5, 5.41) is 9.34. The lowest BCUT2D eigenvalue weighted by Gasteiger charge is -2.12. The number of hydrogen-bond donors (Lipinski definition) is 0. The standard InChI is InChI=1S/C51H31N3O/c1-2-12-36(13-3-1)49-52-50(40-25-20-32-10-4-5-14-37(32)31-40)54-51(53-49)45-29-28-43(48-47(45)44-16-8-9-17-46(44)55-48)35-21-18-33(19-22-35)38-26-27-42-39(30-38)24-23-34-11-6-7-15-41(34)42/h1-31H. The summed E-state index contributed by atoms with van der Waals surface area (Å²) in [6.45, 7) is 0. The maximum absolute atomic E-state index is 6.71. The van der Waals surface area contributed by atoms with Gasteiger partial charge in [0.25, 0.3) is 0 Å². The van der Waals surface area contributed by atoms with Gasteiger partial charge in [-0.1, -0.05) is 158 Å². The molecule has 0 amide bonds. The maximum atomic E-state index is 6.71. The summed E-state index contributed by atoms with van der Waals surface area (Å²) >= 11 is 0. The van der Waals surface area contributed by atoms with Crippen molar-refractivity contribution >= 4 is 54.3 Å². The van der Waals surface area contributed by atoms with Crippen LogP contribution in [0.5, 0.6) is 0 Å². The van der Waals surface area contributed by atoms with Gasteiger partial charge in [-0.25, -0.2) is 15.0 Å². The van der Waals surface area contributed by atoms with Crippen LogP contribution in [0.1, 0.15) is 0 Å². The van der Waals surface area contributed by atoms with Crippen molar-refractivity contribution in [3.05, 3.63) is 188 Å². The number of furan rings is 1. The first-order valence-corrected chi connectivity index (χ1v) is 18.5. The van der Waals surface area contributed by atoms with Crippen molar-refractivity contribution < 1.29 is 4.42 Å². The summed E-state index contributed by atoms with van der Waals surface area (Å²) in [6.07, 6.45) is 0. The molecule has 0 atom stereocenters. The fraction of sp³-hybridized carbons (Fsp3) is 0. The van der Waals surface area contributed by atoms with Gasteiger partial charge in [-0.2, -0.15) is 0 Å². The first-order chi connectivity index (χ1) is 27.2. The highest BCUT2D eigenvalue weighted by Gasteiger charge is 2.21. The third-order valence-electron chi connectivity index (χ3n) is 10.7. The molecule has 0 aliphatic rings. The Hall–Kier alpha value is -7.43. The summed E-state index contributed by atoms with van der Waals surface area (Å²) in [4.78, 5) is 15.3. The Morgan fingerprint density at radius 2 is 0.873 bits per heavy atom. The molecule has 0 unspecified atom stereocenters. The molecule has 0 spiro atoms. The van der Waals surface area contributed by atoms with Crippen LogP contribution in [0, 0.1) is 0 Å². The van der Waals surface area contributed by atoms with Gasteiger partial charge in [-0.05, 0) is 79.3 Å². The third-order valence-corrected chi connectivity index (χ3v) is 10.7. The molecule has 2 aromatic heterocycles. The van der Waals surface area contributed by atoms with Gasteiger partial charge >= 0.3 is 0 Å². The third kappa shape index (κ3) is 5.34. The lowest BCUT2D eigenvalue weighted by atomic mass is 9.95. The lowest BCUT2D eigenvalue weighted by Crippen LogP contribution is -2.00. The molecule has 0 fully saturated rings. The number of fused-ring (bicyclic) bond motifs is 7. The Labute approximate surface area is 317 Å². The van der Waals surface area contributed by atoms with Gasteiger partial charge in [0, 0.05) is 33.0 Å². The molecule has 0 saturated carbocycles. The second-order valence-corrected chi connectivity index (χ2v) is 14.0. The fourth-order valence-corrected chi connectivity index (χ4v) is 7.95. The molecule has 0 aliphatic carbocycles. The number of hydrogen-bond acceptors (Lipinski definition) is 4. The smallest absolute Gasteiger partial charge is 0.164 e. The Balaban J connectivity index is 1.05. The Kier molecular flexibility index (Phi) is 7.14. The van der Waals surface area contributed by atoms with E-state index in [9.17, 15) is 0 Å². The second-order valence-electron chi connectivity index (χ2n) is 14.0. The normalized spacial score (nSPS) is 11.6. The first-order valence-electron chi connectivity index (χ1n) is 18.5. The zero-order valence-corrected chi connectivity index (χ0v) is 29.6. The van der Waals surface area contributed by atoms with Crippen LogP contribution >= 0.6 is 0 Å². The Morgan fingerprint density at radius 1 is 0.309 bits per heavy atom. The van der Waals surface area contributed by atoms with Crippen LogP contribution in [-0.2, 0) is 0 Å². The van der Waals surface area contributed by atoms with Crippen LogP contribution in [0.2, 0.25) is 0 Å². The molecule has 4 nitrogen and oxygen atoms in total. The van der Waals surface area contributed by atoms with E-state index < -0.39 is 0 Å². The van der Waals surface area contributed by atoms with Crippen molar-refractivity contribution in [1.82, 2.24) is 15.0 Å². The minimum Gasteiger partial charge on any atom is -0.455 e. The summed E-state index contributed by atoms with van der Waals surface area (Å²) in [6, 6.07) is 65.8. The quantitative estimate of drug-likeness (QED) is 0.168. The van der Waals surface area contributed by atoms with E-state index in [0.29, 0.717) is 17.5 Å². The van der Waals surface area contributed by atoms with Crippen molar-refractivity contribution in [1.29, 1.82) is 0 Å². The summed E-state index contributed by atoms with van der Waals surface area (Å²) < 4.78 is 6.71. The molecule has 256 valence electrons. The number of aromatic nitrogens is 3. The van der Waals surface area contributed by atoms with Gasteiger partial charge < -0.3 is 4.42 Å². The van der Waals surface area contributed by atoms with Crippen LogP contribution in [0.4, 0.5) is 0 Å². The van der Waals surface area contributed by atoms with E-state index >= 15 is 0 Å². The topological polar surface area (TPSA) is 51.8 Å². The Morgan fingerprint density at radius 3 is 1.73 bits per heavy atom. The van der Waals surface area contributed by atoms with Crippen LogP contribution < -0.4 is 0 Å². The second kappa shape index (κ2) is 12.6. The van der Waals surface area contributed by atoms with Crippen LogP contribution in [-0.4, -0.2) is 15.0 Å². The van der Waals surface area contributed by atoms with Crippen molar-refractivity contribution in [2.45, 2.75) is 0 Å². The van der Waals surface area contributed by atoms with E-state index in [1.165, 1.54) is 32.5 Å². The van der Waals surface area contributed by atoms with Gasteiger partial charge in [-0.15, -0.1) is 0 Å². The highest BCUT2D eigenvalue weighted by Crippen LogP contribution is 2.42. The average Bonchev–Trinajstić information content (AvgIpc) is 3.66. The van der Waals surface area contributed by atoms with Gasteiger partial charge in [-0.3, -0.25) is 0 Å². The van der Waals surface area contributed by atoms with E-state index in [0.717, 1.165) is 60.7 Å². The van der Waals surface area contributed by atoms with Gasteiger partial charge in [0.1, 0.15) is 11.2 Å². The molecule has 0 saturated heterocycles. The highest BCUT2D eigenvalue weighted by atomic mass is 16.3. The monoisotopic (exact) mass is 701 g/mol. The van der Waals surface area contributed by atoms with E-state index in [4.69, 9.17) is 19.4 Å². The molecule has 2 heterocycles. The number of nitrogens with zero attached hydrogens (tertiary/aromatic N) is 3. The zero-order chi connectivity index (χ0) is 36.3. The molecule has 9 aromatic carbocycles. The predicted octanol–water partition coefficient (Wildman–Crippen LogP) is 13.6. The summed E-state index contributed by atoms with van der Waals surface area (Å²) in [7, 11) is 0. The van der Waals surface area contributed by atoms with Crippen LogP contribution in [0.3, 0.4) is 0 Å². The molecular weight excluding hydrogens is 671 g/mol. The molecule has 0 bridgehead atoms. The zero-order valence-electron chi connectivity index (χ0n) is 29.6. The summed E-state index contributed by atoms with van der Waals surface area (Å²) in [5.41, 5.74) is 8.81. The fourth-order valence-electron chi connectivity index (χ4n) is 7.95. The Bertz CT molecular complexity index is 3260. The first kappa shape index (κ1) is 31.1. The number of benzene rings is 9. The molecule has 4 heteroatoms. The molecular formula is C51H31N3O. The molecule has 0 N–H and O–H groups in total. The van der Waals surface area contributed by atoms with E-state index in [-0.39, 0.29) is 0 Å². The lowest BCUT2D eigenvalue weighted by molar-refractivity contribution is 0.670. The van der Waals surface area contributed by atoms with Gasteiger partial charge in [0.15, 0.2) is 17.5 Å². The number of para-hydroxylation sites is 1. The van der Waals surface area contributed by atoms with Crippen molar-refractivity contribution in [3.8, 4) is 56.4 Å². The predicted molar refractivity (Wildman–Crippen MR) is 227 cm³/mol. The van der Waals surface area contributed by atoms with Gasteiger partial charge in [0.2, 0.25) is 0 Å². The average molecular weight is 702 g/mol. The maximum Gasteiger partial charge on any atom is 0.164 e. The SMILES string of the molecule is c1ccc(-c2nc(-c3ccc4ccccc4c3)nc(-c3ccc(-c4ccc(-c5ccc6c(ccc7ccccc76)c5)cc4)c4oc5ccccc5c34)n2)cc1. The molecule has 11 rings (SSSR count). The van der Waals surface area contributed by atoms with Crippen molar-refractivity contribution in [2.24, 2.45) is 0 Å². The molecule has 0 radical (unpaired) electrons. The van der Waals surface area contributed by atoms with Crippen LogP contribution in [0.25, 0.3) is 111 Å². The highest BCUT2D eigenvalue weighted by molar-refractivity contribution is 6.16. The van der Waals surface area contributed by atoms with E-state index in [2.05, 4.69) is 146 Å². The van der Waals surface area contributed by atoms with E-state index in [1.54, 1.807) is 0 Å². The van der Waals surface area contributed by atoms with E-state index in [1.807, 2.05) is 42.5 Å². The summed E-state index contributed by atoms with van der Waals surface area (Å²) in [5.74, 6) is 1.84. The largest absolute Gasteiger partial charge is 0.455 e. The molecule has 11 aromatic rings. The van der Waals surface area contributed by atoms with Gasteiger partial charge in [0.05, 0.1) is 0 Å². The molecule has 0 aliphatic heterocycles.